The summed E-state index contributed by atoms with van der Waals surface area (Å²) in [5.41, 5.74) is -0.708. The summed E-state index contributed by atoms with van der Waals surface area (Å²) in [5, 5.41) is 12.9. The number of aliphatic carboxylic acids is 1. The van der Waals surface area contributed by atoms with Crippen LogP contribution in [0.3, 0.4) is 0 Å². The molecule has 2 aliphatic heterocycles. The Morgan fingerprint density at radius 3 is 2.24 bits per heavy atom. The molecule has 0 aromatic carbocycles. The number of carbonyl (C=O) groups excluding carboxylic acids is 2. The second-order valence-electron chi connectivity index (χ2n) is 10.9. The Balaban J connectivity index is 1.89. The lowest BCUT2D eigenvalue weighted by Crippen LogP contribution is -2.68. The molecule has 3 fully saturated rings. The van der Waals surface area contributed by atoms with Crippen molar-refractivity contribution in [2.75, 3.05) is 27.3 Å². The predicted molar refractivity (Wildman–Crippen MR) is 124 cm³/mol. The number of carboxylic acid groups (broad SMARTS) is 1. The third-order valence-electron chi connectivity index (χ3n) is 7.52. The van der Waals surface area contributed by atoms with Crippen molar-refractivity contribution in [2.24, 2.45) is 5.92 Å². The van der Waals surface area contributed by atoms with Crippen LogP contribution in [0.5, 0.6) is 0 Å². The maximum absolute atomic E-state index is 14.0. The lowest BCUT2D eigenvalue weighted by atomic mass is 9.82. The van der Waals surface area contributed by atoms with Crippen LogP contribution in [0.1, 0.15) is 66.2 Å². The van der Waals surface area contributed by atoms with Crippen molar-refractivity contribution < 1.29 is 33.7 Å². The first-order valence-electron chi connectivity index (χ1n) is 12.3. The number of hydrogen-bond donors (Lipinski definition) is 2. The van der Waals surface area contributed by atoms with Crippen molar-refractivity contribution in [1.29, 1.82) is 0 Å². The van der Waals surface area contributed by atoms with E-state index in [1.54, 1.807) is 35.0 Å². The molecule has 194 valence electrons. The molecule has 0 bridgehead atoms. The summed E-state index contributed by atoms with van der Waals surface area (Å²) in [6.07, 6.45) is 4.51. The molecule has 10 nitrogen and oxygen atoms in total. The largest absolute Gasteiger partial charge is 0.480 e. The van der Waals surface area contributed by atoms with Crippen LogP contribution in [0.25, 0.3) is 0 Å². The highest BCUT2D eigenvalue weighted by Crippen LogP contribution is 2.38. The topological polar surface area (TPSA) is 118 Å². The van der Waals surface area contributed by atoms with Crippen molar-refractivity contribution in [3.8, 4) is 0 Å². The highest BCUT2D eigenvalue weighted by Gasteiger charge is 2.55. The molecule has 34 heavy (non-hydrogen) atoms. The number of amides is 2. The Morgan fingerprint density at radius 2 is 1.71 bits per heavy atom. The Labute approximate surface area is 202 Å². The number of piperazine rings is 1. The van der Waals surface area contributed by atoms with Gasteiger partial charge in [0, 0.05) is 39.3 Å². The van der Waals surface area contributed by atoms with Gasteiger partial charge in [0.05, 0.1) is 6.54 Å². The lowest BCUT2D eigenvalue weighted by Gasteiger charge is -2.48. The molecule has 2 N–H and O–H groups in total. The molecule has 2 saturated heterocycles. The molecule has 1 unspecified atom stereocenters. The molecular weight excluding hydrogens is 442 g/mol. The Morgan fingerprint density at radius 1 is 1.09 bits per heavy atom. The van der Waals surface area contributed by atoms with Gasteiger partial charge in [-0.25, -0.2) is 9.59 Å². The molecule has 0 aromatic rings. The minimum absolute atomic E-state index is 0.0611. The summed E-state index contributed by atoms with van der Waals surface area (Å²) in [5.74, 6) is -2.32. The number of fused-ring (bicyclic) bond motifs is 1. The molecule has 1 aliphatic carbocycles. The van der Waals surface area contributed by atoms with Gasteiger partial charge >= 0.3 is 12.1 Å². The Kier molecular flexibility index (Phi) is 8.14. The highest BCUT2D eigenvalue weighted by atomic mass is 16.7. The molecule has 2 amide bonds. The Bertz CT molecular complexity index is 758. The quantitative estimate of drug-likeness (QED) is 0.552. The van der Waals surface area contributed by atoms with E-state index in [-0.39, 0.29) is 24.4 Å². The first-order valence-corrected chi connectivity index (χ1v) is 12.3. The number of alkyl carbamates (subject to hydrolysis) is 1. The number of hydrogen-bond acceptors (Lipinski definition) is 7. The van der Waals surface area contributed by atoms with Crippen molar-refractivity contribution in [2.45, 2.75) is 102 Å². The van der Waals surface area contributed by atoms with E-state index < -0.39 is 41.6 Å². The number of nitrogens with one attached hydrogen (secondary N) is 1. The fraction of sp³-hybridized carbons (Fsp3) is 0.875. The molecule has 0 spiro atoms. The molecule has 3 aliphatic rings. The SMILES string of the molecule is COC1(OC)C[C@@H]2C(C)N(C(=O)[C@@H](NC(=O)OC(C)(C)C)C3CCCCC3)[C@H](C(=O)O)CN2C1. The third-order valence-corrected chi connectivity index (χ3v) is 7.52. The fourth-order valence-electron chi connectivity index (χ4n) is 5.77. The molecule has 0 aromatic heterocycles. The maximum Gasteiger partial charge on any atom is 0.408 e. The van der Waals surface area contributed by atoms with Crippen LogP contribution >= 0.6 is 0 Å². The third kappa shape index (κ3) is 5.66. The first kappa shape index (κ1) is 26.7. The molecule has 10 heteroatoms. The smallest absolute Gasteiger partial charge is 0.408 e. The standard InChI is InChI=1S/C24H41N3O7/c1-15-17-12-24(32-5,33-6)14-26(17)13-18(21(29)30)27(15)20(28)19(16-10-8-7-9-11-16)25-22(31)34-23(2,3)4/h15-19H,7-14H2,1-6H3,(H,25,31)(H,29,30)/t15?,17-,18+,19+/m1/s1. The number of carboxylic acids is 1. The molecular formula is C24H41N3O7. The van der Waals surface area contributed by atoms with Gasteiger partial charge in [-0.3, -0.25) is 9.69 Å². The molecule has 0 radical (unpaired) electrons. The van der Waals surface area contributed by atoms with Gasteiger partial charge in [0.1, 0.15) is 17.7 Å². The number of rotatable bonds is 6. The van der Waals surface area contributed by atoms with E-state index in [0.29, 0.717) is 13.0 Å². The number of methoxy groups -OCH3 is 2. The van der Waals surface area contributed by atoms with Crippen LogP contribution in [0.2, 0.25) is 0 Å². The van der Waals surface area contributed by atoms with Gasteiger partial charge in [-0.1, -0.05) is 19.3 Å². The lowest BCUT2D eigenvalue weighted by molar-refractivity contribution is -0.196. The van der Waals surface area contributed by atoms with E-state index in [1.165, 1.54) is 4.90 Å². The van der Waals surface area contributed by atoms with Gasteiger partial charge in [0.2, 0.25) is 5.91 Å². The van der Waals surface area contributed by atoms with Crippen LogP contribution in [0.4, 0.5) is 4.79 Å². The van der Waals surface area contributed by atoms with Crippen LogP contribution in [-0.2, 0) is 23.8 Å². The van der Waals surface area contributed by atoms with E-state index >= 15 is 0 Å². The maximum atomic E-state index is 14.0. The predicted octanol–water partition coefficient (Wildman–Crippen LogP) is 2.21. The van der Waals surface area contributed by atoms with Crippen molar-refractivity contribution >= 4 is 18.0 Å². The van der Waals surface area contributed by atoms with Crippen molar-refractivity contribution in [1.82, 2.24) is 15.1 Å². The number of carbonyl (C=O) groups is 3. The molecule has 4 atom stereocenters. The molecule has 2 heterocycles. The van der Waals surface area contributed by atoms with Crippen LogP contribution < -0.4 is 5.32 Å². The average Bonchev–Trinajstić information content (AvgIpc) is 3.16. The van der Waals surface area contributed by atoms with E-state index in [1.807, 2.05) is 11.8 Å². The van der Waals surface area contributed by atoms with Gasteiger partial charge in [0.25, 0.3) is 0 Å². The van der Waals surface area contributed by atoms with Gasteiger partial charge in [-0.15, -0.1) is 0 Å². The van der Waals surface area contributed by atoms with Crippen LogP contribution in [0.15, 0.2) is 0 Å². The van der Waals surface area contributed by atoms with Crippen molar-refractivity contribution in [3.05, 3.63) is 0 Å². The van der Waals surface area contributed by atoms with E-state index in [2.05, 4.69) is 5.32 Å². The van der Waals surface area contributed by atoms with Gasteiger partial charge in [-0.2, -0.15) is 0 Å². The monoisotopic (exact) mass is 483 g/mol. The summed E-state index contributed by atoms with van der Waals surface area (Å²) in [6.45, 7) is 7.78. The second kappa shape index (κ2) is 10.4. The number of nitrogens with zero attached hydrogens (tertiary/aromatic N) is 2. The first-order chi connectivity index (χ1) is 15.9. The summed E-state index contributed by atoms with van der Waals surface area (Å²) in [4.78, 5) is 42.5. The minimum atomic E-state index is -1.06. The van der Waals surface area contributed by atoms with Gasteiger partial charge < -0.3 is 29.5 Å². The highest BCUT2D eigenvalue weighted by molar-refractivity contribution is 5.90. The summed E-state index contributed by atoms with van der Waals surface area (Å²) < 4.78 is 16.7. The second-order valence-corrected chi connectivity index (χ2v) is 10.9. The normalized spacial score (nSPS) is 28.8. The zero-order valence-corrected chi connectivity index (χ0v) is 21.3. The van der Waals surface area contributed by atoms with Gasteiger partial charge in [-0.05, 0) is 46.5 Å². The zero-order valence-electron chi connectivity index (χ0n) is 21.3. The zero-order chi connectivity index (χ0) is 25.3. The van der Waals surface area contributed by atoms with E-state index in [9.17, 15) is 19.5 Å². The average molecular weight is 484 g/mol. The van der Waals surface area contributed by atoms with E-state index in [4.69, 9.17) is 14.2 Å². The summed E-state index contributed by atoms with van der Waals surface area (Å²) in [6, 6.07) is -2.38. The fourth-order valence-corrected chi connectivity index (χ4v) is 5.77. The summed E-state index contributed by atoms with van der Waals surface area (Å²) >= 11 is 0. The van der Waals surface area contributed by atoms with Gasteiger partial charge in [0.15, 0.2) is 5.79 Å². The molecule has 1 saturated carbocycles. The summed E-state index contributed by atoms with van der Waals surface area (Å²) in [7, 11) is 3.15. The minimum Gasteiger partial charge on any atom is -0.480 e. The Hall–Kier alpha value is -1.91. The van der Waals surface area contributed by atoms with Crippen LogP contribution in [-0.4, -0.2) is 95.7 Å². The van der Waals surface area contributed by atoms with Crippen LogP contribution in [0, 0.1) is 5.92 Å². The number of ether oxygens (including phenoxy) is 3. The van der Waals surface area contributed by atoms with Crippen molar-refractivity contribution in [3.63, 3.8) is 0 Å². The molecule has 3 rings (SSSR count). The van der Waals surface area contributed by atoms with E-state index in [0.717, 1.165) is 32.1 Å².